The van der Waals surface area contributed by atoms with E-state index in [1.54, 1.807) is 6.92 Å². The maximum Gasteiger partial charge on any atom is 0.0972 e. The van der Waals surface area contributed by atoms with Gasteiger partial charge in [-0.2, -0.15) is 0 Å². The molecule has 124 valence electrons. The molecule has 0 aliphatic rings. The molecule has 0 aliphatic heterocycles. The van der Waals surface area contributed by atoms with E-state index < -0.39 is 31.7 Å². The number of nitrogens with zero attached hydrogens (tertiary/aromatic N) is 2. The molecule has 0 bridgehead atoms. The molecule has 0 fully saturated rings. The summed E-state index contributed by atoms with van der Waals surface area (Å²) in [6, 6.07) is -1.36. The van der Waals surface area contributed by atoms with Crippen molar-refractivity contribution in [1.82, 2.24) is 9.80 Å². The van der Waals surface area contributed by atoms with E-state index in [1.807, 2.05) is 0 Å². The van der Waals surface area contributed by atoms with E-state index in [0.29, 0.717) is 6.42 Å². The van der Waals surface area contributed by atoms with Crippen molar-refractivity contribution in [3.63, 3.8) is 0 Å². The van der Waals surface area contributed by atoms with Crippen molar-refractivity contribution in [2.45, 2.75) is 31.6 Å². The van der Waals surface area contributed by atoms with E-state index in [0.717, 1.165) is 0 Å². The van der Waals surface area contributed by atoms with Crippen LogP contribution < -0.4 is 0 Å². The van der Waals surface area contributed by atoms with Gasteiger partial charge in [-0.3, -0.25) is 9.80 Å². The second-order valence-electron chi connectivity index (χ2n) is 4.24. The van der Waals surface area contributed by atoms with E-state index >= 15 is 0 Å². The maximum atomic E-state index is 9.40. The van der Waals surface area contributed by atoms with Crippen LogP contribution in [0.5, 0.6) is 0 Å². The molecule has 20 heavy (non-hydrogen) atoms. The molecule has 0 spiro atoms. The molecule has 8 nitrogen and oxygen atoms in total. The molecule has 0 rings (SSSR count). The number of aliphatic hydroxyl groups excluding tert-OH is 6. The molecule has 0 aromatic rings. The predicted molar refractivity (Wildman–Crippen MR) is 75.1 cm³/mol. The number of rotatable bonds is 11. The molecule has 0 unspecified atom stereocenters. The molecule has 9 heteroatoms. The van der Waals surface area contributed by atoms with Gasteiger partial charge in [-0.15, -0.1) is 12.4 Å². The van der Waals surface area contributed by atoms with Crippen molar-refractivity contribution < 1.29 is 30.6 Å². The molecule has 0 saturated carbocycles. The van der Waals surface area contributed by atoms with Crippen molar-refractivity contribution in [1.29, 1.82) is 0 Å². The molecule has 0 aliphatic carbocycles. The Labute approximate surface area is 125 Å². The largest absolute Gasteiger partial charge is 0.395 e. The third-order valence-electron chi connectivity index (χ3n) is 3.24. The summed E-state index contributed by atoms with van der Waals surface area (Å²) >= 11 is 0. The van der Waals surface area contributed by atoms with Gasteiger partial charge in [0.2, 0.25) is 0 Å². The number of hydrogen-bond acceptors (Lipinski definition) is 8. The van der Waals surface area contributed by atoms with Gasteiger partial charge >= 0.3 is 0 Å². The lowest BCUT2D eigenvalue weighted by Crippen LogP contribution is -2.59. The monoisotopic (exact) mass is 318 g/mol. The summed E-state index contributed by atoms with van der Waals surface area (Å²) in [7, 11) is 0. The Hall–Kier alpha value is -0.0300. The molecular formula is C11H27ClN2O6. The SMILES string of the molecule is CCC(N(CO)C(CO)CO)N(CO)C(CO)CO.Cl. The van der Waals surface area contributed by atoms with E-state index in [9.17, 15) is 30.6 Å². The molecule has 0 saturated heterocycles. The highest BCUT2D eigenvalue weighted by Crippen LogP contribution is 2.16. The lowest BCUT2D eigenvalue weighted by Gasteiger charge is -2.43. The highest BCUT2D eigenvalue weighted by molar-refractivity contribution is 5.85. The Morgan fingerprint density at radius 3 is 1.15 bits per heavy atom. The topological polar surface area (TPSA) is 128 Å². The van der Waals surface area contributed by atoms with Gasteiger partial charge in [0, 0.05) is 0 Å². The van der Waals surface area contributed by atoms with Gasteiger partial charge in [0.15, 0.2) is 0 Å². The van der Waals surface area contributed by atoms with Crippen LogP contribution in [0.1, 0.15) is 13.3 Å². The zero-order valence-electron chi connectivity index (χ0n) is 11.7. The van der Waals surface area contributed by atoms with Crippen molar-refractivity contribution in [2.24, 2.45) is 0 Å². The molecule has 0 atom stereocenters. The normalized spacial score (nSPS) is 12.0. The zero-order chi connectivity index (χ0) is 14.8. The minimum atomic E-state index is -0.679. The fourth-order valence-corrected chi connectivity index (χ4v) is 2.10. The Balaban J connectivity index is 0. The molecular weight excluding hydrogens is 292 g/mol. The van der Waals surface area contributed by atoms with Crippen molar-refractivity contribution in [3.05, 3.63) is 0 Å². The Morgan fingerprint density at radius 1 is 0.700 bits per heavy atom. The first-order valence-electron chi connectivity index (χ1n) is 6.31. The van der Waals surface area contributed by atoms with Crippen LogP contribution in [-0.4, -0.2) is 98.6 Å². The van der Waals surface area contributed by atoms with E-state index in [-0.39, 0.29) is 38.8 Å². The average molecular weight is 319 g/mol. The fourth-order valence-electron chi connectivity index (χ4n) is 2.10. The third-order valence-corrected chi connectivity index (χ3v) is 3.24. The van der Waals surface area contributed by atoms with Gasteiger partial charge in [0.05, 0.1) is 58.1 Å². The third kappa shape index (κ3) is 5.76. The first kappa shape index (κ1) is 22.3. The Morgan fingerprint density at radius 2 is 1.00 bits per heavy atom. The number of halogens is 1. The van der Waals surface area contributed by atoms with Gasteiger partial charge in [-0.1, -0.05) is 6.92 Å². The van der Waals surface area contributed by atoms with Crippen LogP contribution in [0.2, 0.25) is 0 Å². The lowest BCUT2D eigenvalue weighted by atomic mass is 10.1. The van der Waals surface area contributed by atoms with Crippen LogP contribution in [0.25, 0.3) is 0 Å². The van der Waals surface area contributed by atoms with Crippen molar-refractivity contribution in [2.75, 3.05) is 39.9 Å². The molecule has 0 aromatic carbocycles. The predicted octanol–water partition coefficient (Wildman–Crippen LogP) is -2.65. The first-order valence-corrected chi connectivity index (χ1v) is 6.31. The minimum Gasteiger partial charge on any atom is -0.395 e. The van der Waals surface area contributed by atoms with Crippen LogP contribution in [0.15, 0.2) is 0 Å². The molecule has 6 N–H and O–H groups in total. The second kappa shape index (κ2) is 12.7. The summed E-state index contributed by atoms with van der Waals surface area (Å²) in [5.41, 5.74) is 0. The summed E-state index contributed by atoms with van der Waals surface area (Å²) in [5, 5.41) is 55.6. The van der Waals surface area contributed by atoms with Crippen LogP contribution in [0, 0.1) is 0 Å². The average Bonchev–Trinajstić information content (AvgIpc) is 2.46. The molecule has 0 aromatic heterocycles. The zero-order valence-corrected chi connectivity index (χ0v) is 12.5. The van der Waals surface area contributed by atoms with Gasteiger partial charge in [0.25, 0.3) is 0 Å². The molecule has 0 radical (unpaired) electrons. The summed E-state index contributed by atoms with van der Waals surface area (Å²) in [6.07, 6.45) is -0.0581. The fraction of sp³-hybridized carbons (Fsp3) is 1.00. The van der Waals surface area contributed by atoms with E-state index in [2.05, 4.69) is 0 Å². The van der Waals surface area contributed by atoms with Crippen LogP contribution in [-0.2, 0) is 0 Å². The van der Waals surface area contributed by atoms with Gasteiger partial charge in [-0.25, -0.2) is 0 Å². The van der Waals surface area contributed by atoms with Crippen molar-refractivity contribution in [3.8, 4) is 0 Å². The Bertz CT molecular complexity index is 199. The number of hydrogen-bond donors (Lipinski definition) is 6. The summed E-state index contributed by atoms with van der Waals surface area (Å²) in [4.78, 5) is 2.82. The minimum absolute atomic E-state index is 0. The standard InChI is InChI=1S/C11H26N2O6.ClH/c1-2-11(12(7-18)9(3-14)4-15)13(8-19)10(5-16)6-17;/h9-11,14-19H,2-8H2,1H3;1H. The van der Waals surface area contributed by atoms with Crippen LogP contribution in [0.4, 0.5) is 0 Å². The second-order valence-corrected chi connectivity index (χ2v) is 4.24. The smallest absolute Gasteiger partial charge is 0.0972 e. The van der Waals surface area contributed by atoms with Gasteiger partial charge in [0.1, 0.15) is 0 Å². The van der Waals surface area contributed by atoms with E-state index in [1.165, 1.54) is 9.80 Å². The van der Waals surface area contributed by atoms with Gasteiger partial charge < -0.3 is 30.6 Å². The molecule has 0 amide bonds. The maximum absolute atomic E-state index is 9.40. The Kier molecular flexibility index (Phi) is 14.1. The molecule has 0 heterocycles. The number of aliphatic hydroxyl groups is 6. The lowest BCUT2D eigenvalue weighted by molar-refractivity contribution is -0.117. The summed E-state index contributed by atoms with van der Waals surface area (Å²) < 4.78 is 0. The highest BCUT2D eigenvalue weighted by atomic mass is 35.5. The quantitative estimate of drug-likeness (QED) is 0.228. The highest BCUT2D eigenvalue weighted by Gasteiger charge is 2.31. The van der Waals surface area contributed by atoms with Crippen LogP contribution >= 0.6 is 12.4 Å². The first-order chi connectivity index (χ1) is 9.14. The van der Waals surface area contributed by atoms with Crippen molar-refractivity contribution >= 4 is 12.4 Å². The summed E-state index contributed by atoms with van der Waals surface area (Å²) in [6.45, 7) is -0.459. The summed E-state index contributed by atoms with van der Waals surface area (Å²) in [5.74, 6) is 0. The van der Waals surface area contributed by atoms with Gasteiger partial charge in [-0.05, 0) is 6.42 Å². The van der Waals surface area contributed by atoms with Crippen LogP contribution in [0.3, 0.4) is 0 Å². The van der Waals surface area contributed by atoms with E-state index in [4.69, 9.17) is 0 Å².